The lowest BCUT2D eigenvalue weighted by Crippen LogP contribution is -2.37. The molecule has 102 valence electrons. The standard InChI is InChI=1S/C16H20O3/c1-18-16(10-2-3-11-16)15(17)12-4-6-13(7-5-12)19-14-8-9-14/h4-7,14H,2-3,8-11H2,1H3. The van der Waals surface area contributed by atoms with Gasteiger partial charge in [-0.05, 0) is 62.8 Å². The summed E-state index contributed by atoms with van der Waals surface area (Å²) in [5.74, 6) is 0.974. The Morgan fingerprint density at radius 3 is 2.32 bits per heavy atom. The van der Waals surface area contributed by atoms with Gasteiger partial charge < -0.3 is 9.47 Å². The molecule has 3 nitrogen and oxygen atoms in total. The van der Waals surface area contributed by atoms with Crippen molar-refractivity contribution in [3.8, 4) is 5.75 Å². The second-order valence-electron chi connectivity index (χ2n) is 5.58. The number of methoxy groups -OCH3 is 1. The monoisotopic (exact) mass is 260 g/mol. The highest BCUT2D eigenvalue weighted by Crippen LogP contribution is 2.36. The minimum absolute atomic E-state index is 0.116. The van der Waals surface area contributed by atoms with Gasteiger partial charge in [-0.25, -0.2) is 0 Å². The molecule has 2 aliphatic rings. The molecule has 3 rings (SSSR count). The van der Waals surface area contributed by atoms with Gasteiger partial charge in [-0.15, -0.1) is 0 Å². The summed E-state index contributed by atoms with van der Waals surface area (Å²) in [7, 11) is 1.65. The first-order valence-corrected chi connectivity index (χ1v) is 7.10. The third kappa shape index (κ3) is 2.52. The summed E-state index contributed by atoms with van der Waals surface area (Å²) in [4.78, 5) is 12.6. The third-order valence-electron chi connectivity index (χ3n) is 4.16. The van der Waals surface area contributed by atoms with Crippen LogP contribution in [0, 0.1) is 0 Å². The fourth-order valence-corrected chi connectivity index (χ4v) is 2.80. The molecule has 1 aromatic rings. The maximum atomic E-state index is 12.6. The summed E-state index contributed by atoms with van der Waals surface area (Å²) < 4.78 is 11.2. The Morgan fingerprint density at radius 1 is 1.16 bits per heavy atom. The first kappa shape index (κ1) is 12.7. The number of Topliss-reactive ketones (excluding diaryl/α,β-unsaturated/α-hetero) is 1. The normalized spacial score (nSPS) is 21.3. The molecule has 0 atom stereocenters. The number of ether oxygens (including phenoxy) is 2. The van der Waals surface area contributed by atoms with Crippen LogP contribution in [0.25, 0.3) is 0 Å². The first-order valence-electron chi connectivity index (χ1n) is 7.10. The van der Waals surface area contributed by atoms with Crippen LogP contribution in [0.3, 0.4) is 0 Å². The van der Waals surface area contributed by atoms with Gasteiger partial charge in [-0.2, -0.15) is 0 Å². The molecular formula is C16H20O3. The molecule has 2 saturated carbocycles. The molecular weight excluding hydrogens is 240 g/mol. The topological polar surface area (TPSA) is 35.5 Å². The molecule has 0 unspecified atom stereocenters. The second kappa shape index (κ2) is 4.97. The van der Waals surface area contributed by atoms with Crippen molar-refractivity contribution in [1.29, 1.82) is 0 Å². The van der Waals surface area contributed by atoms with E-state index in [2.05, 4.69) is 0 Å². The van der Waals surface area contributed by atoms with Gasteiger partial charge in [-0.1, -0.05) is 0 Å². The van der Waals surface area contributed by atoms with Crippen molar-refractivity contribution < 1.29 is 14.3 Å². The highest BCUT2D eigenvalue weighted by atomic mass is 16.5. The van der Waals surface area contributed by atoms with E-state index in [9.17, 15) is 4.79 Å². The van der Waals surface area contributed by atoms with Crippen LogP contribution in [-0.4, -0.2) is 24.6 Å². The van der Waals surface area contributed by atoms with Crippen LogP contribution >= 0.6 is 0 Å². The third-order valence-corrected chi connectivity index (χ3v) is 4.16. The number of hydrogen-bond acceptors (Lipinski definition) is 3. The lowest BCUT2D eigenvalue weighted by atomic mass is 9.91. The number of carbonyl (C=O) groups is 1. The maximum absolute atomic E-state index is 12.6. The summed E-state index contributed by atoms with van der Waals surface area (Å²) in [6.45, 7) is 0. The number of rotatable bonds is 5. The van der Waals surface area contributed by atoms with Crippen LogP contribution in [0.1, 0.15) is 48.9 Å². The molecule has 0 spiro atoms. The quantitative estimate of drug-likeness (QED) is 0.761. The van der Waals surface area contributed by atoms with Gasteiger partial charge in [0.1, 0.15) is 11.4 Å². The van der Waals surface area contributed by atoms with Crippen molar-refractivity contribution in [2.24, 2.45) is 0 Å². The van der Waals surface area contributed by atoms with E-state index in [-0.39, 0.29) is 5.78 Å². The number of hydrogen-bond donors (Lipinski definition) is 0. The van der Waals surface area contributed by atoms with E-state index in [1.54, 1.807) is 7.11 Å². The Bertz CT molecular complexity index is 453. The first-order chi connectivity index (χ1) is 9.23. The fourth-order valence-electron chi connectivity index (χ4n) is 2.80. The largest absolute Gasteiger partial charge is 0.490 e. The summed E-state index contributed by atoms with van der Waals surface area (Å²) in [6, 6.07) is 7.51. The molecule has 0 aromatic heterocycles. The van der Waals surface area contributed by atoms with Gasteiger partial charge in [0.05, 0.1) is 6.10 Å². The van der Waals surface area contributed by atoms with Crippen LogP contribution in [0.4, 0.5) is 0 Å². The van der Waals surface area contributed by atoms with Crippen LogP contribution in [0.5, 0.6) is 5.75 Å². The molecule has 2 fully saturated rings. The van der Waals surface area contributed by atoms with E-state index < -0.39 is 5.60 Å². The molecule has 0 amide bonds. The van der Waals surface area contributed by atoms with Gasteiger partial charge in [-0.3, -0.25) is 4.79 Å². The molecule has 0 heterocycles. The zero-order valence-corrected chi connectivity index (χ0v) is 11.4. The second-order valence-corrected chi connectivity index (χ2v) is 5.58. The molecule has 2 aliphatic carbocycles. The van der Waals surface area contributed by atoms with Crippen LogP contribution in [0.15, 0.2) is 24.3 Å². The predicted molar refractivity (Wildman–Crippen MR) is 72.6 cm³/mol. The number of carbonyl (C=O) groups excluding carboxylic acids is 1. The Kier molecular flexibility index (Phi) is 3.31. The van der Waals surface area contributed by atoms with Crippen molar-refractivity contribution >= 4 is 5.78 Å². The van der Waals surface area contributed by atoms with Crippen molar-refractivity contribution in [1.82, 2.24) is 0 Å². The van der Waals surface area contributed by atoms with Gasteiger partial charge in [0.15, 0.2) is 5.78 Å². The Morgan fingerprint density at radius 2 is 1.79 bits per heavy atom. The van der Waals surface area contributed by atoms with Gasteiger partial charge in [0.25, 0.3) is 0 Å². The summed E-state index contributed by atoms with van der Waals surface area (Å²) >= 11 is 0. The Balaban J connectivity index is 1.75. The average Bonchev–Trinajstić information content (AvgIpc) is 3.13. The predicted octanol–water partition coefficient (Wildman–Crippen LogP) is 3.37. The smallest absolute Gasteiger partial charge is 0.194 e. The van der Waals surface area contributed by atoms with Crippen LogP contribution < -0.4 is 4.74 Å². The SMILES string of the molecule is COC1(C(=O)c2ccc(OC3CC3)cc2)CCCC1. The highest BCUT2D eigenvalue weighted by molar-refractivity contribution is 6.02. The lowest BCUT2D eigenvalue weighted by Gasteiger charge is -2.25. The van der Waals surface area contributed by atoms with Crippen molar-refractivity contribution in [3.63, 3.8) is 0 Å². The molecule has 1 aromatic carbocycles. The molecule has 0 N–H and O–H groups in total. The van der Waals surface area contributed by atoms with E-state index in [4.69, 9.17) is 9.47 Å². The van der Waals surface area contributed by atoms with E-state index in [1.165, 1.54) is 0 Å². The number of benzene rings is 1. The van der Waals surface area contributed by atoms with Gasteiger partial charge >= 0.3 is 0 Å². The van der Waals surface area contributed by atoms with E-state index in [0.29, 0.717) is 6.10 Å². The van der Waals surface area contributed by atoms with E-state index in [0.717, 1.165) is 49.8 Å². The van der Waals surface area contributed by atoms with Crippen molar-refractivity contribution in [2.75, 3.05) is 7.11 Å². The van der Waals surface area contributed by atoms with E-state index >= 15 is 0 Å². The Hall–Kier alpha value is -1.35. The van der Waals surface area contributed by atoms with E-state index in [1.807, 2.05) is 24.3 Å². The number of ketones is 1. The zero-order valence-electron chi connectivity index (χ0n) is 11.4. The summed E-state index contributed by atoms with van der Waals surface area (Å²) in [5.41, 5.74) is 0.144. The molecule has 19 heavy (non-hydrogen) atoms. The molecule has 3 heteroatoms. The fraction of sp³-hybridized carbons (Fsp3) is 0.562. The van der Waals surface area contributed by atoms with Crippen LogP contribution in [-0.2, 0) is 4.74 Å². The molecule has 0 bridgehead atoms. The van der Waals surface area contributed by atoms with Gasteiger partial charge in [0, 0.05) is 12.7 Å². The van der Waals surface area contributed by atoms with Gasteiger partial charge in [0.2, 0.25) is 0 Å². The molecule has 0 saturated heterocycles. The zero-order chi connectivity index (χ0) is 13.3. The highest BCUT2D eigenvalue weighted by Gasteiger charge is 2.41. The summed E-state index contributed by atoms with van der Waals surface area (Å²) in [5, 5.41) is 0. The minimum atomic E-state index is -0.584. The Labute approximate surface area is 113 Å². The van der Waals surface area contributed by atoms with Crippen LogP contribution in [0.2, 0.25) is 0 Å². The summed E-state index contributed by atoms with van der Waals surface area (Å²) in [6.07, 6.45) is 6.50. The van der Waals surface area contributed by atoms with Crippen molar-refractivity contribution in [2.45, 2.75) is 50.2 Å². The average molecular weight is 260 g/mol. The maximum Gasteiger partial charge on any atom is 0.194 e. The lowest BCUT2D eigenvalue weighted by molar-refractivity contribution is 0.00602. The molecule has 0 aliphatic heterocycles. The minimum Gasteiger partial charge on any atom is -0.490 e. The van der Waals surface area contributed by atoms with Crippen molar-refractivity contribution in [3.05, 3.63) is 29.8 Å². The molecule has 0 radical (unpaired) electrons.